The first-order valence-electron chi connectivity index (χ1n) is 12.0. The van der Waals surface area contributed by atoms with Gasteiger partial charge in [-0.1, -0.05) is 65.3 Å². The van der Waals surface area contributed by atoms with Crippen LogP contribution in [-0.2, 0) is 5.54 Å². The molecule has 3 aromatic rings. The Morgan fingerprint density at radius 3 is 2.18 bits per heavy atom. The normalized spacial score (nSPS) is 16.7. The molecule has 0 bridgehead atoms. The van der Waals surface area contributed by atoms with E-state index in [1.54, 1.807) is 37.3 Å². The SMILES string of the molecule is CC(c1ccccc1)[C@@](NC(=O)NC1(CBr)CC1)(c1ccc(F)cc1)c1cc(F)cc(OC(F)(F)C(F)F)c1. The van der Waals surface area contributed by atoms with Crippen LogP contribution in [0.25, 0.3) is 0 Å². The Morgan fingerprint density at radius 2 is 1.62 bits per heavy atom. The smallest absolute Gasteiger partial charge is 0.428 e. The summed E-state index contributed by atoms with van der Waals surface area (Å²) in [7, 11) is 0. The molecule has 11 heteroatoms. The third-order valence-electron chi connectivity index (χ3n) is 6.88. The van der Waals surface area contributed by atoms with Crippen molar-refractivity contribution in [1.82, 2.24) is 10.6 Å². The number of urea groups is 1. The fourth-order valence-corrected chi connectivity index (χ4v) is 5.27. The van der Waals surface area contributed by atoms with Crippen molar-refractivity contribution >= 4 is 22.0 Å². The predicted octanol–water partition coefficient (Wildman–Crippen LogP) is 7.48. The van der Waals surface area contributed by atoms with Crippen LogP contribution >= 0.6 is 15.9 Å². The van der Waals surface area contributed by atoms with E-state index in [2.05, 4.69) is 31.3 Å². The molecule has 1 aliphatic rings. The Labute approximate surface area is 229 Å². The van der Waals surface area contributed by atoms with E-state index in [0.717, 1.165) is 24.3 Å². The summed E-state index contributed by atoms with van der Waals surface area (Å²) >= 11 is 3.38. The highest BCUT2D eigenvalue weighted by Crippen LogP contribution is 2.45. The summed E-state index contributed by atoms with van der Waals surface area (Å²) in [6.07, 6.45) is -7.64. The summed E-state index contributed by atoms with van der Waals surface area (Å²) < 4.78 is 86.5. The largest absolute Gasteiger partial charge is 0.461 e. The predicted molar refractivity (Wildman–Crippen MR) is 137 cm³/mol. The van der Waals surface area contributed by atoms with E-state index >= 15 is 0 Å². The van der Waals surface area contributed by atoms with E-state index in [4.69, 9.17) is 0 Å². The number of nitrogens with one attached hydrogen (secondary N) is 2. The second-order valence-corrected chi connectivity index (χ2v) is 10.1. The summed E-state index contributed by atoms with van der Waals surface area (Å²) in [6, 6.07) is 15.7. The fourth-order valence-electron chi connectivity index (χ4n) is 4.57. The van der Waals surface area contributed by atoms with Crippen LogP contribution in [0.4, 0.5) is 31.1 Å². The van der Waals surface area contributed by atoms with Crippen LogP contribution in [0.15, 0.2) is 72.8 Å². The average molecular weight is 615 g/mol. The van der Waals surface area contributed by atoms with Gasteiger partial charge < -0.3 is 15.4 Å². The van der Waals surface area contributed by atoms with Crippen molar-refractivity contribution in [3.8, 4) is 5.75 Å². The minimum absolute atomic E-state index is 0.0793. The highest BCUT2D eigenvalue weighted by Gasteiger charge is 2.48. The van der Waals surface area contributed by atoms with Crippen molar-refractivity contribution < 1.29 is 35.9 Å². The van der Waals surface area contributed by atoms with Crippen molar-refractivity contribution in [2.24, 2.45) is 0 Å². The number of hydrogen-bond acceptors (Lipinski definition) is 2. The second-order valence-electron chi connectivity index (χ2n) is 9.58. The van der Waals surface area contributed by atoms with Crippen LogP contribution in [0.5, 0.6) is 5.75 Å². The molecule has 1 fully saturated rings. The van der Waals surface area contributed by atoms with Crippen molar-refractivity contribution in [2.45, 2.75) is 49.3 Å². The zero-order chi connectivity index (χ0) is 28.4. The van der Waals surface area contributed by atoms with Crippen LogP contribution in [0.1, 0.15) is 42.4 Å². The molecular weight excluding hydrogens is 590 g/mol. The summed E-state index contributed by atoms with van der Waals surface area (Å²) in [5, 5.41) is 6.27. The number of ether oxygens (including phenoxy) is 1. The minimum atomic E-state index is -4.90. The maximum Gasteiger partial charge on any atom is 0.461 e. The lowest BCUT2D eigenvalue weighted by Crippen LogP contribution is -2.56. The molecule has 2 atom stereocenters. The third kappa shape index (κ3) is 6.18. The maximum absolute atomic E-state index is 14.9. The van der Waals surface area contributed by atoms with E-state index in [0.29, 0.717) is 29.8 Å². The number of amides is 2. The van der Waals surface area contributed by atoms with Gasteiger partial charge >= 0.3 is 18.6 Å². The zero-order valence-corrected chi connectivity index (χ0v) is 22.3. The Hall–Kier alpha value is -3.21. The van der Waals surface area contributed by atoms with Gasteiger partial charge in [0.25, 0.3) is 0 Å². The topological polar surface area (TPSA) is 50.4 Å². The molecule has 1 unspecified atom stereocenters. The van der Waals surface area contributed by atoms with Gasteiger partial charge in [0.2, 0.25) is 0 Å². The molecule has 1 saturated carbocycles. The standard InChI is InChI=1S/C28H25BrF6N2O2/c1-17(18-5-3-2-4-6-18)27(19-7-9-21(30)10-8-19,37-25(38)36-26(16-29)11-12-26)20-13-22(31)15-23(14-20)39-28(34,35)24(32)33/h2-10,13-15,17,24H,11-12,16H2,1H3,(H2,36,37,38)/t17?,27-/m1/s1. The van der Waals surface area contributed by atoms with Gasteiger partial charge in [0.1, 0.15) is 17.4 Å². The van der Waals surface area contributed by atoms with E-state index in [-0.39, 0.29) is 11.1 Å². The molecular formula is C28H25BrF6N2O2. The minimum Gasteiger partial charge on any atom is -0.428 e. The van der Waals surface area contributed by atoms with E-state index in [1.807, 2.05) is 0 Å². The lowest BCUT2D eigenvalue weighted by molar-refractivity contribution is -0.253. The van der Waals surface area contributed by atoms with Gasteiger partial charge in [-0.25, -0.2) is 13.6 Å². The molecule has 0 heterocycles. The summed E-state index contributed by atoms with van der Waals surface area (Å²) in [5.41, 5.74) is -1.32. The number of hydrogen-bond donors (Lipinski definition) is 2. The highest BCUT2D eigenvalue weighted by atomic mass is 79.9. The van der Waals surface area contributed by atoms with Crippen LogP contribution in [-0.4, -0.2) is 29.4 Å². The van der Waals surface area contributed by atoms with Crippen LogP contribution in [0.2, 0.25) is 0 Å². The van der Waals surface area contributed by atoms with Gasteiger partial charge in [-0.05, 0) is 53.8 Å². The lowest BCUT2D eigenvalue weighted by Gasteiger charge is -2.42. The number of halogens is 7. The Morgan fingerprint density at radius 1 is 0.974 bits per heavy atom. The third-order valence-corrected chi connectivity index (χ3v) is 7.96. The molecule has 2 amide bonds. The van der Waals surface area contributed by atoms with Crippen LogP contribution < -0.4 is 15.4 Å². The van der Waals surface area contributed by atoms with Crippen molar-refractivity contribution in [3.05, 3.63) is 101 Å². The van der Waals surface area contributed by atoms with Crippen LogP contribution in [0, 0.1) is 11.6 Å². The first-order chi connectivity index (χ1) is 18.4. The summed E-state index contributed by atoms with van der Waals surface area (Å²) in [4.78, 5) is 13.4. The number of carbonyl (C=O) groups excluding carboxylic acids is 1. The van der Waals surface area contributed by atoms with Gasteiger partial charge in [-0.15, -0.1) is 0 Å². The lowest BCUT2D eigenvalue weighted by atomic mass is 9.71. The molecule has 3 aromatic carbocycles. The summed E-state index contributed by atoms with van der Waals surface area (Å²) in [5.74, 6) is -3.23. The van der Waals surface area contributed by atoms with Gasteiger partial charge in [0, 0.05) is 17.3 Å². The van der Waals surface area contributed by atoms with Gasteiger partial charge in [-0.2, -0.15) is 17.6 Å². The second kappa shape index (κ2) is 11.1. The quantitative estimate of drug-likeness (QED) is 0.184. The van der Waals surface area contributed by atoms with Gasteiger partial charge in [-0.3, -0.25) is 0 Å². The number of rotatable bonds is 10. The molecule has 0 saturated heterocycles. The molecule has 208 valence electrons. The van der Waals surface area contributed by atoms with E-state index in [1.165, 1.54) is 12.1 Å². The number of carbonyl (C=O) groups is 1. The average Bonchev–Trinajstić information content (AvgIpc) is 3.67. The first kappa shape index (κ1) is 28.8. The Balaban J connectivity index is 1.93. The monoisotopic (exact) mass is 614 g/mol. The van der Waals surface area contributed by atoms with E-state index < -0.39 is 52.9 Å². The molecule has 4 rings (SSSR count). The first-order valence-corrected chi connectivity index (χ1v) is 13.2. The molecule has 2 N–H and O–H groups in total. The Bertz CT molecular complexity index is 1310. The Kier molecular flexibility index (Phi) is 8.20. The van der Waals surface area contributed by atoms with Crippen molar-refractivity contribution in [2.75, 3.05) is 5.33 Å². The molecule has 0 aliphatic heterocycles. The fraction of sp³-hybridized carbons (Fsp3) is 0.321. The zero-order valence-electron chi connectivity index (χ0n) is 20.7. The van der Waals surface area contributed by atoms with Gasteiger partial charge in [0.15, 0.2) is 0 Å². The molecule has 0 radical (unpaired) electrons. The maximum atomic E-state index is 14.9. The van der Waals surface area contributed by atoms with Crippen molar-refractivity contribution in [1.29, 1.82) is 0 Å². The van der Waals surface area contributed by atoms with E-state index in [9.17, 15) is 31.1 Å². The molecule has 39 heavy (non-hydrogen) atoms. The molecule has 0 aromatic heterocycles. The number of alkyl halides is 5. The highest BCUT2D eigenvalue weighted by molar-refractivity contribution is 9.09. The molecule has 1 aliphatic carbocycles. The van der Waals surface area contributed by atoms with Crippen molar-refractivity contribution in [3.63, 3.8) is 0 Å². The van der Waals surface area contributed by atoms with Crippen LogP contribution in [0.3, 0.4) is 0 Å². The number of benzene rings is 3. The summed E-state index contributed by atoms with van der Waals surface area (Å²) in [6.45, 7) is 1.72. The van der Waals surface area contributed by atoms with Gasteiger partial charge in [0.05, 0.1) is 11.1 Å². The molecule has 0 spiro atoms. The molecule has 4 nitrogen and oxygen atoms in total.